The van der Waals surface area contributed by atoms with Crippen molar-refractivity contribution in [3.8, 4) is 17.2 Å². The van der Waals surface area contributed by atoms with Crippen molar-refractivity contribution in [3.05, 3.63) is 81.1 Å². The summed E-state index contributed by atoms with van der Waals surface area (Å²) in [6.07, 6.45) is 3.62. The van der Waals surface area contributed by atoms with Crippen LogP contribution in [0.15, 0.2) is 42.6 Å². The maximum Gasteiger partial charge on any atom is 0.504 e. The van der Waals surface area contributed by atoms with Crippen LogP contribution < -0.4 is 5.32 Å². The standard InChI is InChI=1S/C29H25Cl2FN4O.C5H5F3N2O.C5H9N/c1-15-19-14-22(23-8-4-12-36(23)29(37)16-9-10-16)35-27(19)20-13-17(5-3-11-33)24(26(32)28(20)34-15)18-6-2-7-21(30)25(18)31;6-5(7,8)10-2-1-4(3-11)9-10;1-4-2-5(1)6-3-4/h2,6-7,13-14,16,23,35H,3-5,8-10,12H2,1H3;1-2,11H,3H2;4-6H,1-3H2. The molecule has 3 saturated heterocycles. The topological polar surface area (TPSA) is 123 Å². The first kappa shape index (κ1) is 38.1. The van der Waals surface area contributed by atoms with Gasteiger partial charge in [0.25, 0.3) is 0 Å². The number of hydrogen-bond donors (Lipinski definition) is 3. The number of aromatic amines is 1. The molecule has 5 aromatic rings. The molecule has 15 heteroatoms. The molecule has 1 unspecified atom stereocenters. The van der Waals surface area contributed by atoms with Crippen LogP contribution in [0.4, 0.5) is 17.6 Å². The number of aliphatic hydroxyl groups is 1. The largest absolute Gasteiger partial charge is 0.504 e. The number of benzene rings is 2. The summed E-state index contributed by atoms with van der Waals surface area (Å²) in [4.78, 5) is 23.1. The van der Waals surface area contributed by atoms with Crippen LogP contribution >= 0.6 is 23.2 Å². The van der Waals surface area contributed by atoms with Gasteiger partial charge in [0.2, 0.25) is 5.91 Å². The molecule has 2 saturated carbocycles. The number of aromatic nitrogens is 4. The molecule has 0 spiro atoms. The van der Waals surface area contributed by atoms with Gasteiger partial charge in [0.15, 0.2) is 5.82 Å². The van der Waals surface area contributed by atoms with E-state index in [0.717, 1.165) is 73.0 Å². The van der Waals surface area contributed by atoms with Crippen LogP contribution in [0.5, 0.6) is 0 Å². The number of carbonyl (C=O) groups is 1. The quantitative estimate of drug-likeness (QED) is 0.148. The second-order valence-electron chi connectivity index (χ2n) is 14.4. The lowest BCUT2D eigenvalue weighted by molar-refractivity contribution is -0.212. The molecule has 5 fully saturated rings. The number of aliphatic hydroxyl groups excluding tert-OH is 1. The summed E-state index contributed by atoms with van der Waals surface area (Å²) >= 11 is 12.8. The van der Waals surface area contributed by atoms with Crippen molar-refractivity contribution in [3.63, 3.8) is 0 Å². The predicted octanol–water partition coefficient (Wildman–Crippen LogP) is 8.89. The molecule has 5 aliphatic rings. The molecular weight excluding hydrogens is 745 g/mol. The Hall–Kier alpha value is -4.22. The van der Waals surface area contributed by atoms with Gasteiger partial charge >= 0.3 is 6.30 Å². The summed E-state index contributed by atoms with van der Waals surface area (Å²) in [5.74, 6) is 1.01. The summed E-state index contributed by atoms with van der Waals surface area (Å²) in [6.45, 7) is 3.47. The molecule has 54 heavy (non-hydrogen) atoms. The second-order valence-corrected chi connectivity index (χ2v) is 15.2. The third kappa shape index (κ3) is 7.67. The number of carbonyl (C=O) groups excluding carboxylic acids is 1. The third-order valence-electron chi connectivity index (χ3n) is 10.6. The van der Waals surface area contributed by atoms with E-state index in [0.29, 0.717) is 39.2 Å². The van der Waals surface area contributed by atoms with Crippen LogP contribution in [0.1, 0.15) is 73.6 Å². The first-order valence-electron chi connectivity index (χ1n) is 18.1. The maximum absolute atomic E-state index is 16.3. The molecule has 2 aromatic carbocycles. The molecule has 2 bridgehead atoms. The van der Waals surface area contributed by atoms with Gasteiger partial charge in [-0.05, 0) is 94.2 Å². The Morgan fingerprint density at radius 2 is 1.91 bits per heavy atom. The van der Waals surface area contributed by atoms with E-state index in [1.807, 2.05) is 17.9 Å². The fourth-order valence-corrected chi connectivity index (χ4v) is 8.05. The highest BCUT2D eigenvalue weighted by Gasteiger charge is 2.39. The molecule has 0 radical (unpaired) electrons. The highest BCUT2D eigenvalue weighted by molar-refractivity contribution is 6.43. The number of rotatable bonds is 6. The number of hydrogen-bond acceptors (Lipinski definition) is 6. The van der Waals surface area contributed by atoms with Gasteiger partial charge in [-0.1, -0.05) is 35.3 Å². The molecule has 1 atom stereocenters. The zero-order valence-electron chi connectivity index (χ0n) is 29.5. The molecule has 6 heterocycles. The van der Waals surface area contributed by atoms with E-state index in [1.165, 1.54) is 19.4 Å². The number of aryl methyl sites for hydroxylation is 2. The van der Waals surface area contributed by atoms with E-state index in [-0.39, 0.29) is 45.2 Å². The van der Waals surface area contributed by atoms with Gasteiger partial charge in [-0.15, -0.1) is 13.2 Å². The van der Waals surface area contributed by atoms with E-state index >= 15 is 4.39 Å². The Balaban J connectivity index is 0.000000215. The lowest BCUT2D eigenvalue weighted by Gasteiger charge is -2.24. The molecular formula is C39H39Cl2F4N7O2. The van der Waals surface area contributed by atoms with Crippen molar-refractivity contribution >= 4 is 50.9 Å². The summed E-state index contributed by atoms with van der Waals surface area (Å²) in [5, 5.41) is 26.2. The fraction of sp³-hybridized carbons (Fsp3) is 0.436. The lowest BCUT2D eigenvalue weighted by atomic mass is 9.87. The van der Waals surface area contributed by atoms with E-state index in [1.54, 1.807) is 18.2 Å². The van der Waals surface area contributed by atoms with Gasteiger partial charge in [0.1, 0.15) is 5.52 Å². The van der Waals surface area contributed by atoms with Crippen molar-refractivity contribution in [2.24, 2.45) is 11.8 Å². The van der Waals surface area contributed by atoms with Crippen LogP contribution in [0, 0.1) is 35.9 Å². The fourth-order valence-electron chi connectivity index (χ4n) is 7.66. The van der Waals surface area contributed by atoms with E-state index in [9.17, 15) is 23.2 Å². The molecule has 1 amide bonds. The highest BCUT2D eigenvalue weighted by atomic mass is 35.5. The van der Waals surface area contributed by atoms with Gasteiger partial charge in [0.05, 0.1) is 40.0 Å². The van der Waals surface area contributed by atoms with Crippen molar-refractivity contribution in [1.29, 1.82) is 5.26 Å². The number of nitriles is 1. The van der Waals surface area contributed by atoms with Crippen molar-refractivity contribution in [1.82, 2.24) is 30.0 Å². The van der Waals surface area contributed by atoms with Crippen molar-refractivity contribution in [2.75, 3.05) is 13.1 Å². The number of fused-ring (bicyclic) bond motifs is 4. The third-order valence-corrected chi connectivity index (χ3v) is 11.5. The summed E-state index contributed by atoms with van der Waals surface area (Å²) < 4.78 is 51.4. The monoisotopic (exact) mass is 783 g/mol. The molecule has 284 valence electrons. The van der Waals surface area contributed by atoms with Crippen LogP contribution in [0.3, 0.4) is 0 Å². The van der Waals surface area contributed by atoms with Crippen LogP contribution in [-0.4, -0.2) is 54.8 Å². The predicted molar refractivity (Wildman–Crippen MR) is 198 cm³/mol. The number of nitrogens with one attached hydrogen (secondary N) is 2. The van der Waals surface area contributed by atoms with Gasteiger partial charge in [-0.3, -0.25) is 4.79 Å². The average Bonchev–Trinajstić information content (AvgIpc) is 3.72. The Kier molecular flexibility index (Phi) is 10.9. The minimum absolute atomic E-state index is 0.00215. The Labute approximate surface area is 319 Å². The molecule has 3 aliphatic heterocycles. The second kappa shape index (κ2) is 15.5. The number of likely N-dealkylation sites (tertiary alicyclic amines) is 1. The van der Waals surface area contributed by atoms with Gasteiger partial charge < -0.3 is 20.3 Å². The van der Waals surface area contributed by atoms with E-state index in [4.69, 9.17) is 28.3 Å². The number of pyridine rings is 1. The summed E-state index contributed by atoms with van der Waals surface area (Å²) in [6, 6.07) is 13.3. The van der Waals surface area contributed by atoms with E-state index in [2.05, 4.69) is 32.5 Å². The zero-order chi connectivity index (χ0) is 38.3. The number of halogens is 6. The minimum Gasteiger partial charge on any atom is -0.390 e. The SMILES string of the molecule is C1NC2CC1C2.Cc1nc2c(F)c(-c3cccc(Cl)c3Cl)c(CCC#N)cc2c2[nH]c(C3CCCN3C(=O)C3CC3)cc12.OCc1ccn(C(F)(F)F)n1. The summed E-state index contributed by atoms with van der Waals surface area (Å²) in [7, 11) is 0. The number of amides is 1. The number of nitrogens with zero attached hydrogens (tertiary/aromatic N) is 5. The maximum atomic E-state index is 16.3. The Morgan fingerprint density at radius 3 is 2.50 bits per heavy atom. The molecule has 3 aromatic heterocycles. The lowest BCUT2D eigenvalue weighted by Crippen LogP contribution is -2.31. The molecule has 3 N–H and O–H groups in total. The smallest absolute Gasteiger partial charge is 0.390 e. The van der Waals surface area contributed by atoms with Gasteiger partial charge in [0, 0.05) is 64.4 Å². The summed E-state index contributed by atoms with van der Waals surface area (Å²) in [5.41, 5.74) is 4.17. The first-order chi connectivity index (χ1) is 25.9. The normalized spacial score (nSPS) is 20.3. The number of H-pyrrole nitrogens is 1. The van der Waals surface area contributed by atoms with Crippen LogP contribution in [0.25, 0.3) is 32.9 Å². The first-order valence-corrected chi connectivity index (χ1v) is 18.9. The van der Waals surface area contributed by atoms with Gasteiger partial charge in [-0.2, -0.15) is 15.0 Å². The van der Waals surface area contributed by atoms with Crippen molar-refractivity contribution < 1.29 is 27.5 Å². The highest BCUT2D eigenvalue weighted by Crippen LogP contribution is 2.43. The Morgan fingerprint density at radius 1 is 1.13 bits per heavy atom. The molecule has 10 rings (SSSR count). The molecule has 2 aliphatic carbocycles. The average molecular weight is 785 g/mol. The van der Waals surface area contributed by atoms with Crippen LogP contribution in [0.2, 0.25) is 10.0 Å². The number of alkyl halides is 3. The van der Waals surface area contributed by atoms with Gasteiger partial charge in [-0.25, -0.2) is 9.37 Å². The Bertz CT molecular complexity index is 2220. The van der Waals surface area contributed by atoms with Crippen LogP contribution in [-0.2, 0) is 24.1 Å². The zero-order valence-corrected chi connectivity index (χ0v) is 31.0. The molecule has 9 nitrogen and oxygen atoms in total. The van der Waals surface area contributed by atoms with E-state index < -0.39 is 18.7 Å². The minimum atomic E-state index is -4.49. The van der Waals surface area contributed by atoms with Crippen molar-refractivity contribution in [2.45, 2.75) is 83.3 Å².